The second-order valence-corrected chi connectivity index (χ2v) is 6.78. The molecule has 1 aromatic rings. The molecule has 0 aliphatic rings. The van der Waals surface area contributed by atoms with Gasteiger partial charge in [-0.05, 0) is 43.7 Å². The van der Waals surface area contributed by atoms with Crippen LogP contribution in [0.5, 0.6) is 0 Å². The third kappa shape index (κ3) is 3.31. The highest BCUT2D eigenvalue weighted by Gasteiger charge is 2.16. The SMILES string of the molecule is Cn1c(=O)c(Br)c(Br)c(=O)n1CCC(C)(C)C. The normalized spacial score (nSPS) is 11.9. The number of hydrogen-bond donors (Lipinski definition) is 0. The summed E-state index contributed by atoms with van der Waals surface area (Å²) in [6.45, 7) is 6.83. The van der Waals surface area contributed by atoms with Gasteiger partial charge in [0.25, 0.3) is 11.1 Å². The molecule has 0 aromatic carbocycles. The van der Waals surface area contributed by atoms with E-state index in [9.17, 15) is 9.59 Å². The molecule has 0 spiro atoms. The number of nitrogens with zero attached hydrogens (tertiary/aromatic N) is 2. The van der Waals surface area contributed by atoms with Gasteiger partial charge in [0.1, 0.15) is 8.95 Å². The zero-order valence-electron chi connectivity index (χ0n) is 10.4. The van der Waals surface area contributed by atoms with E-state index in [1.807, 2.05) is 0 Å². The van der Waals surface area contributed by atoms with Crippen LogP contribution in [0.4, 0.5) is 0 Å². The Balaban J connectivity index is 3.27. The van der Waals surface area contributed by atoms with Crippen molar-refractivity contribution in [3.63, 3.8) is 0 Å². The Morgan fingerprint density at radius 3 is 2.00 bits per heavy atom. The Morgan fingerprint density at radius 2 is 1.53 bits per heavy atom. The van der Waals surface area contributed by atoms with Crippen molar-refractivity contribution in [3.8, 4) is 0 Å². The number of rotatable bonds is 2. The minimum absolute atomic E-state index is 0.120. The van der Waals surface area contributed by atoms with Gasteiger partial charge in [-0.1, -0.05) is 20.8 Å². The average Bonchev–Trinajstić information content (AvgIpc) is 2.22. The maximum absolute atomic E-state index is 12.0. The van der Waals surface area contributed by atoms with Crippen molar-refractivity contribution in [1.82, 2.24) is 9.36 Å². The highest BCUT2D eigenvalue weighted by Crippen LogP contribution is 2.19. The largest absolute Gasteiger partial charge is 0.280 e. The van der Waals surface area contributed by atoms with Gasteiger partial charge in [-0.2, -0.15) is 0 Å². The highest BCUT2D eigenvalue weighted by atomic mass is 79.9. The van der Waals surface area contributed by atoms with Crippen molar-refractivity contribution < 1.29 is 0 Å². The molecule has 4 nitrogen and oxygen atoms in total. The number of halogens is 2. The summed E-state index contributed by atoms with van der Waals surface area (Å²) < 4.78 is 3.37. The summed E-state index contributed by atoms with van der Waals surface area (Å²) in [7, 11) is 1.60. The van der Waals surface area contributed by atoms with Crippen LogP contribution < -0.4 is 11.1 Å². The van der Waals surface area contributed by atoms with Gasteiger partial charge in [0.15, 0.2) is 0 Å². The molecule has 0 saturated carbocycles. The smallest absolute Gasteiger partial charge is 0.267 e. The maximum Gasteiger partial charge on any atom is 0.280 e. The molecule has 0 aliphatic heterocycles. The summed E-state index contributed by atoms with van der Waals surface area (Å²) in [6, 6.07) is 0. The Bertz CT molecular complexity index is 538. The molecule has 0 N–H and O–H groups in total. The molecule has 0 aliphatic carbocycles. The fraction of sp³-hybridized carbons (Fsp3) is 0.636. The van der Waals surface area contributed by atoms with Crippen LogP contribution in [0.1, 0.15) is 27.2 Å². The second kappa shape index (κ2) is 5.10. The second-order valence-electron chi connectivity index (χ2n) is 5.20. The molecule has 1 heterocycles. The lowest BCUT2D eigenvalue weighted by molar-refractivity contribution is 0.316. The first-order valence-electron chi connectivity index (χ1n) is 5.30. The molecular weight excluding hydrogens is 352 g/mol. The predicted octanol–water partition coefficient (Wildman–Crippen LogP) is 2.51. The van der Waals surface area contributed by atoms with Gasteiger partial charge in [-0.15, -0.1) is 0 Å². The number of hydrogen-bond acceptors (Lipinski definition) is 2. The van der Waals surface area contributed by atoms with Gasteiger partial charge in [-0.3, -0.25) is 9.59 Å². The first-order valence-corrected chi connectivity index (χ1v) is 6.89. The molecule has 0 unspecified atom stereocenters. The van der Waals surface area contributed by atoms with E-state index in [2.05, 4.69) is 52.6 Å². The van der Waals surface area contributed by atoms with Crippen LogP contribution in [-0.2, 0) is 13.6 Å². The third-order valence-corrected chi connectivity index (χ3v) is 4.54. The molecule has 0 amide bonds. The van der Waals surface area contributed by atoms with Crippen molar-refractivity contribution in [2.75, 3.05) is 0 Å². The summed E-state index contributed by atoms with van der Waals surface area (Å²) in [4.78, 5) is 23.8. The van der Waals surface area contributed by atoms with Crippen LogP contribution in [0.3, 0.4) is 0 Å². The van der Waals surface area contributed by atoms with E-state index >= 15 is 0 Å². The molecular formula is C11H16Br2N2O2. The summed E-state index contributed by atoms with van der Waals surface area (Å²) in [5.74, 6) is 0. The molecule has 0 fully saturated rings. The zero-order chi connectivity index (χ0) is 13.4. The minimum Gasteiger partial charge on any atom is -0.267 e. The molecule has 1 aromatic heterocycles. The van der Waals surface area contributed by atoms with Crippen molar-refractivity contribution in [3.05, 3.63) is 29.7 Å². The van der Waals surface area contributed by atoms with Crippen LogP contribution in [-0.4, -0.2) is 9.36 Å². The lowest BCUT2D eigenvalue weighted by Gasteiger charge is -2.20. The Morgan fingerprint density at radius 1 is 1.06 bits per heavy atom. The lowest BCUT2D eigenvalue weighted by atomic mass is 9.92. The highest BCUT2D eigenvalue weighted by molar-refractivity contribution is 9.13. The van der Waals surface area contributed by atoms with Crippen molar-refractivity contribution in [2.24, 2.45) is 12.5 Å². The van der Waals surface area contributed by atoms with Crippen LogP contribution in [0.15, 0.2) is 18.5 Å². The Labute approximate surface area is 117 Å². The first-order chi connectivity index (χ1) is 7.65. The monoisotopic (exact) mass is 366 g/mol. The molecule has 1 rings (SSSR count). The molecule has 17 heavy (non-hydrogen) atoms. The predicted molar refractivity (Wildman–Crippen MR) is 75.4 cm³/mol. The van der Waals surface area contributed by atoms with Gasteiger partial charge < -0.3 is 0 Å². The molecule has 0 bridgehead atoms. The fourth-order valence-corrected chi connectivity index (χ4v) is 2.18. The Kier molecular flexibility index (Phi) is 4.41. The van der Waals surface area contributed by atoms with Gasteiger partial charge in [0.05, 0.1) is 0 Å². The molecule has 96 valence electrons. The molecule has 0 saturated heterocycles. The van der Waals surface area contributed by atoms with Gasteiger partial charge in [0.2, 0.25) is 0 Å². The lowest BCUT2D eigenvalue weighted by Crippen LogP contribution is -2.38. The molecule has 0 radical (unpaired) electrons. The van der Waals surface area contributed by atoms with E-state index in [4.69, 9.17) is 0 Å². The van der Waals surface area contributed by atoms with E-state index in [0.29, 0.717) is 6.54 Å². The van der Waals surface area contributed by atoms with E-state index in [0.717, 1.165) is 6.42 Å². The van der Waals surface area contributed by atoms with Crippen LogP contribution in [0.25, 0.3) is 0 Å². The Hall–Kier alpha value is -0.360. The average molecular weight is 368 g/mol. The van der Waals surface area contributed by atoms with Crippen LogP contribution in [0, 0.1) is 5.41 Å². The molecule has 0 atom stereocenters. The van der Waals surface area contributed by atoms with Crippen molar-refractivity contribution >= 4 is 31.9 Å². The quantitative estimate of drug-likeness (QED) is 0.806. The van der Waals surface area contributed by atoms with E-state index < -0.39 is 0 Å². The van der Waals surface area contributed by atoms with E-state index in [1.165, 1.54) is 9.36 Å². The van der Waals surface area contributed by atoms with E-state index in [1.54, 1.807) is 7.05 Å². The number of aromatic nitrogens is 2. The fourth-order valence-electron chi connectivity index (χ4n) is 1.38. The van der Waals surface area contributed by atoms with Gasteiger partial charge >= 0.3 is 0 Å². The van der Waals surface area contributed by atoms with Gasteiger partial charge in [-0.25, -0.2) is 9.36 Å². The topological polar surface area (TPSA) is 44.0 Å². The van der Waals surface area contributed by atoms with Crippen molar-refractivity contribution in [2.45, 2.75) is 33.7 Å². The summed E-state index contributed by atoms with van der Waals surface area (Å²) >= 11 is 6.25. The zero-order valence-corrected chi connectivity index (χ0v) is 13.6. The van der Waals surface area contributed by atoms with E-state index in [-0.39, 0.29) is 25.5 Å². The third-order valence-electron chi connectivity index (χ3n) is 2.53. The molecule has 6 heteroatoms. The minimum atomic E-state index is -0.217. The van der Waals surface area contributed by atoms with Crippen LogP contribution in [0.2, 0.25) is 0 Å². The van der Waals surface area contributed by atoms with Crippen molar-refractivity contribution in [1.29, 1.82) is 0 Å². The standard InChI is InChI=1S/C11H16Br2N2O2/c1-11(2,3)5-6-15-10(17)8(13)7(12)9(16)14(15)4/h5-6H2,1-4H3. The summed E-state index contributed by atoms with van der Waals surface area (Å²) in [5.41, 5.74) is -0.289. The summed E-state index contributed by atoms with van der Waals surface area (Å²) in [6.07, 6.45) is 0.828. The maximum atomic E-state index is 12.0. The first kappa shape index (κ1) is 14.7. The van der Waals surface area contributed by atoms with Gasteiger partial charge in [0, 0.05) is 13.6 Å². The summed E-state index contributed by atoms with van der Waals surface area (Å²) in [5, 5.41) is 0. The van der Waals surface area contributed by atoms with Crippen LogP contribution >= 0.6 is 31.9 Å².